The number of nitrogens with one attached hydrogen (secondary N) is 1. The third-order valence-electron chi connectivity index (χ3n) is 2.41. The van der Waals surface area contributed by atoms with Crippen LogP contribution in [0.2, 0.25) is 0 Å². The number of nitrogens with two attached hydrogens (primary N) is 1. The second-order valence-electron chi connectivity index (χ2n) is 3.65. The molecule has 1 heterocycles. The number of alkyl halides is 3. The van der Waals surface area contributed by atoms with Gasteiger partial charge >= 0.3 is 12.2 Å². The van der Waals surface area contributed by atoms with E-state index < -0.39 is 24.8 Å². The van der Waals surface area contributed by atoms with Crippen LogP contribution in [-0.4, -0.2) is 47.3 Å². The van der Waals surface area contributed by atoms with Crippen LogP contribution in [-0.2, 0) is 0 Å². The molecule has 9 heteroatoms. The summed E-state index contributed by atoms with van der Waals surface area (Å²) in [7, 11) is 0. The highest BCUT2D eigenvalue weighted by Gasteiger charge is 2.34. The summed E-state index contributed by atoms with van der Waals surface area (Å²) in [6.45, 7) is -1.12. The van der Waals surface area contributed by atoms with Crippen LogP contribution in [0, 0.1) is 0 Å². The zero-order valence-electron chi connectivity index (χ0n) is 8.87. The van der Waals surface area contributed by atoms with Crippen molar-refractivity contribution in [3.05, 3.63) is 0 Å². The smallest absolute Gasteiger partial charge is 0.405 e. The minimum Gasteiger partial charge on any atom is -0.409 e. The lowest BCUT2D eigenvalue weighted by Gasteiger charge is -2.24. The fourth-order valence-corrected chi connectivity index (χ4v) is 1.66. The van der Waals surface area contributed by atoms with Crippen molar-refractivity contribution in [2.24, 2.45) is 10.9 Å². The van der Waals surface area contributed by atoms with Crippen molar-refractivity contribution in [2.75, 3.05) is 13.1 Å². The molecule has 98 valence electrons. The number of urea groups is 1. The molecule has 0 saturated carbocycles. The van der Waals surface area contributed by atoms with Crippen LogP contribution in [0.15, 0.2) is 5.16 Å². The number of hydrogen-bond donors (Lipinski definition) is 3. The maximum absolute atomic E-state index is 11.9. The number of carbonyl (C=O) groups excluding carboxylic acids is 1. The van der Waals surface area contributed by atoms with Gasteiger partial charge in [-0.1, -0.05) is 5.16 Å². The molecule has 1 aliphatic rings. The lowest BCUT2D eigenvalue weighted by molar-refractivity contribution is -0.123. The average molecular weight is 254 g/mol. The molecule has 1 unspecified atom stereocenters. The highest BCUT2D eigenvalue weighted by Crippen LogP contribution is 2.18. The first-order valence-electron chi connectivity index (χ1n) is 4.94. The van der Waals surface area contributed by atoms with Gasteiger partial charge in [-0.3, -0.25) is 0 Å². The van der Waals surface area contributed by atoms with Crippen molar-refractivity contribution < 1.29 is 23.2 Å². The van der Waals surface area contributed by atoms with Gasteiger partial charge in [0.25, 0.3) is 0 Å². The van der Waals surface area contributed by atoms with E-state index in [0.717, 1.165) is 4.90 Å². The Hall–Kier alpha value is -1.67. The van der Waals surface area contributed by atoms with Gasteiger partial charge in [0.2, 0.25) is 0 Å². The SMILES string of the molecule is NC(=NO)C1CCCN1C(=O)NCC(F)(F)F. The Morgan fingerprint density at radius 2 is 2.24 bits per heavy atom. The fourth-order valence-electron chi connectivity index (χ4n) is 1.66. The van der Waals surface area contributed by atoms with Gasteiger partial charge < -0.3 is 21.2 Å². The van der Waals surface area contributed by atoms with Crippen molar-refractivity contribution in [1.82, 2.24) is 10.2 Å². The molecule has 4 N–H and O–H groups in total. The number of oxime groups is 1. The van der Waals surface area contributed by atoms with E-state index in [1.54, 1.807) is 5.32 Å². The zero-order chi connectivity index (χ0) is 13.1. The molecular formula is C8H13F3N4O2. The number of carbonyl (C=O) groups is 1. The van der Waals surface area contributed by atoms with Crippen molar-refractivity contribution >= 4 is 11.9 Å². The third-order valence-corrected chi connectivity index (χ3v) is 2.41. The molecule has 2 amide bonds. The minimum absolute atomic E-state index is 0.176. The Morgan fingerprint density at radius 1 is 1.59 bits per heavy atom. The summed E-state index contributed by atoms with van der Waals surface area (Å²) in [6.07, 6.45) is -3.39. The third kappa shape index (κ3) is 3.68. The van der Waals surface area contributed by atoms with Gasteiger partial charge in [-0.15, -0.1) is 0 Å². The molecule has 17 heavy (non-hydrogen) atoms. The number of halogens is 3. The lowest BCUT2D eigenvalue weighted by atomic mass is 10.2. The van der Waals surface area contributed by atoms with Crippen LogP contribution in [0.5, 0.6) is 0 Å². The number of rotatable bonds is 2. The monoisotopic (exact) mass is 254 g/mol. The highest BCUT2D eigenvalue weighted by atomic mass is 19.4. The molecule has 0 aromatic carbocycles. The number of hydrogen-bond acceptors (Lipinski definition) is 3. The first-order valence-corrected chi connectivity index (χ1v) is 4.94. The van der Waals surface area contributed by atoms with Crippen molar-refractivity contribution in [3.8, 4) is 0 Å². The summed E-state index contributed by atoms with van der Waals surface area (Å²) in [4.78, 5) is 12.6. The Kier molecular flexibility index (Phi) is 4.02. The summed E-state index contributed by atoms with van der Waals surface area (Å²) < 4.78 is 35.7. The van der Waals surface area contributed by atoms with Gasteiger partial charge in [0.15, 0.2) is 5.84 Å². The van der Waals surface area contributed by atoms with Crippen LogP contribution in [0.4, 0.5) is 18.0 Å². The topological polar surface area (TPSA) is 91.0 Å². The van der Waals surface area contributed by atoms with E-state index in [1.165, 1.54) is 0 Å². The van der Waals surface area contributed by atoms with Gasteiger partial charge in [0, 0.05) is 6.54 Å². The number of nitrogens with zero attached hydrogens (tertiary/aromatic N) is 2. The zero-order valence-corrected chi connectivity index (χ0v) is 8.87. The van der Waals surface area contributed by atoms with E-state index in [9.17, 15) is 18.0 Å². The van der Waals surface area contributed by atoms with Gasteiger partial charge in [-0.25, -0.2) is 4.79 Å². The summed E-state index contributed by atoms with van der Waals surface area (Å²) in [5, 5.41) is 13.0. The predicted octanol–water partition coefficient (Wildman–Crippen LogP) is 0.469. The highest BCUT2D eigenvalue weighted by molar-refractivity contribution is 5.90. The average Bonchev–Trinajstić information content (AvgIpc) is 2.72. The van der Waals surface area contributed by atoms with E-state index in [1.807, 2.05) is 0 Å². The molecular weight excluding hydrogens is 241 g/mol. The van der Waals surface area contributed by atoms with Crippen molar-refractivity contribution in [2.45, 2.75) is 25.1 Å². The number of likely N-dealkylation sites (tertiary alicyclic amines) is 1. The van der Waals surface area contributed by atoms with Crippen molar-refractivity contribution in [3.63, 3.8) is 0 Å². The van der Waals surface area contributed by atoms with E-state index in [2.05, 4.69) is 5.16 Å². The molecule has 1 atom stereocenters. The maximum Gasteiger partial charge on any atom is 0.405 e. The van der Waals surface area contributed by atoms with Gasteiger partial charge in [-0.2, -0.15) is 13.2 Å². The predicted molar refractivity (Wildman–Crippen MR) is 52.6 cm³/mol. The molecule has 0 spiro atoms. The van der Waals surface area contributed by atoms with Crippen LogP contribution in [0.3, 0.4) is 0 Å². The molecule has 1 rings (SSSR count). The Labute approximate surface area is 95.2 Å². The summed E-state index contributed by atoms with van der Waals surface area (Å²) in [5.41, 5.74) is 5.34. The van der Waals surface area contributed by atoms with Crippen LogP contribution in [0.1, 0.15) is 12.8 Å². The summed E-state index contributed by atoms with van der Waals surface area (Å²) in [5.74, 6) is -0.176. The number of amides is 2. The standard InChI is InChI=1S/C8H13F3N4O2/c9-8(10,11)4-13-7(16)15-3-1-2-5(15)6(12)14-17/h5,17H,1-4H2,(H2,12,14)(H,13,16). The number of amidine groups is 1. The molecule has 1 saturated heterocycles. The molecule has 0 bridgehead atoms. The Bertz CT molecular complexity index is 318. The molecule has 0 aromatic rings. The molecule has 6 nitrogen and oxygen atoms in total. The molecule has 0 aliphatic carbocycles. The first-order chi connectivity index (χ1) is 7.85. The van der Waals surface area contributed by atoms with Crippen LogP contribution < -0.4 is 11.1 Å². The molecule has 0 radical (unpaired) electrons. The van der Waals surface area contributed by atoms with Gasteiger partial charge in [0.05, 0.1) is 6.04 Å². The maximum atomic E-state index is 11.9. The summed E-state index contributed by atoms with van der Waals surface area (Å²) >= 11 is 0. The van der Waals surface area contributed by atoms with Gasteiger partial charge in [-0.05, 0) is 12.8 Å². The second-order valence-corrected chi connectivity index (χ2v) is 3.65. The Balaban J connectivity index is 2.57. The summed E-state index contributed by atoms with van der Waals surface area (Å²) in [6, 6.07) is -1.51. The molecule has 1 aliphatic heterocycles. The van der Waals surface area contributed by atoms with E-state index >= 15 is 0 Å². The minimum atomic E-state index is -4.46. The van der Waals surface area contributed by atoms with Crippen molar-refractivity contribution in [1.29, 1.82) is 0 Å². The second kappa shape index (κ2) is 5.11. The van der Waals surface area contributed by atoms with Gasteiger partial charge in [0.1, 0.15) is 6.54 Å². The first kappa shape index (κ1) is 13.4. The lowest BCUT2D eigenvalue weighted by Crippen LogP contribution is -2.49. The Morgan fingerprint density at radius 3 is 2.76 bits per heavy atom. The van der Waals surface area contributed by atoms with E-state index in [-0.39, 0.29) is 12.4 Å². The fraction of sp³-hybridized carbons (Fsp3) is 0.750. The quantitative estimate of drug-likeness (QED) is 0.289. The normalized spacial score (nSPS) is 21.7. The molecule has 0 aromatic heterocycles. The molecule has 1 fully saturated rings. The van der Waals surface area contributed by atoms with Crippen LogP contribution in [0.25, 0.3) is 0 Å². The van der Waals surface area contributed by atoms with Crippen LogP contribution >= 0.6 is 0 Å². The van der Waals surface area contributed by atoms with E-state index in [4.69, 9.17) is 10.9 Å². The largest absolute Gasteiger partial charge is 0.409 e. The van der Waals surface area contributed by atoms with E-state index in [0.29, 0.717) is 12.8 Å².